The first-order valence-electron chi connectivity index (χ1n) is 8.45. The van der Waals surface area contributed by atoms with Crippen molar-refractivity contribution < 1.29 is 24.4 Å². The Labute approximate surface area is 140 Å². The van der Waals surface area contributed by atoms with Crippen molar-refractivity contribution >= 4 is 0 Å². The monoisotopic (exact) mass is 331 g/mol. The molecule has 1 fully saturated rings. The molecule has 2 unspecified atom stereocenters. The third-order valence-corrected chi connectivity index (χ3v) is 6.03. The van der Waals surface area contributed by atoms with Crippen LogP contribution >= 0.6 is 0 Å². The zero-order valence-corrected chi connectivity index (χ0v) is 13.6. The van der Waals surface area contributed by atoms with Crippen molar-refractivity contribution in [3.63, 3.8) is 0 Å². The zero-order valence-electron chi connectivity index (χ0n) is 13.6. The van der Waals surface area contributed by atoms with E-state index in [2.05, 4.69) is 11.0 Å². The van der Waals surface area contributed by atoms with Gasteiger partial charge in [-0.3, -0.25) is 4.90 Å². The highest BCUT2D eigenvalue weighted by Gasteiger charge is 2.57. The molecule has 4 aliphatic rings. The molecule has 6 heteroatoms. The van der Waals surface area contributed by atoms with Gasteiger partial charge in [-0.1, -0.05) is 0 Å². The van der Waals surface area contributed by atoms with Crippen molar-refractivity contribution in [1.82, 2.24) is 4.90 Å². The molecule has 3 aliphatic heterocycles. The van der Waals surface area contributed by atoms with Crippen molar-refractivity contribution in [3.8, 4) is 11.5 Å². The Kier molecular flexibility index (Phi) is 2.96. The Morgan fingerprint density at radius 2 is 1.96 bits per heavy atom. The van der Waals surface area contributed by atoms with Crippen molar-refractivity contribution in [1.29, 1.82) is 0 Å². The lowest BCUT2D eigenvalue weighted by molar-refractivity contribution is 0.0575. The van der Waals surface area contributed by atoms with Crippen LogP contribution in [0.3, 0.4) is 0 Å². The largest absolute Gasteiger partial charge is 0.499 e. The van der Waals surface area contributed by atoms with E-state index in [0.29, 0.717) is 23.8 Å². The Hall–Kier alpha value is -1.76. The predicted octanol–water partition coefficient (Wildman–Crippen LogP) is 1.29. The smallest absolute Gasteiger partial charge is 0.231 e. The van der Waals surface area contributed by atoms with E-state index in [1.165, 1.54) is 0 Å². The molecule has 1 saturated heterocycles. The zero-order chi connectivity index (χ0) is 16.5. The molecule has 128 valence electrons. The van der Waals surface area contributed by atoms with E-state index in [1.54, 1.807) is 7.11 Å². The SMILES string of the molecule is COC1=CC23CCCN2CC(O)c2cc4c(cc2[C@@H]3[C@@H]1O)OCO4. The molecule has 0 saturated carbocycles. The van der Waals surface area contributed by atoms with Crippen molar-refractivity contribution in [2.45, 2.75) is 36.5 Å². The third-order valence-electron chi connectivity index (χ3n) is 6.03. The summed E-state index contributed by atoms with van der Waals surface area (Å²) in [5.41, 5.74) is 1.46. The fourth-order valence-electron chi connectivity index (χ4n) is 5.01. The van der Waals surface area contributed by atoms with Gasteiger partial charge in [0.25, 0.3) is 0 Å². The first kappa shape index (κ1) is 14.6. The Morgan fingerprint density at radius 1 is 1.21 bits per heavy atom. The lowest BCUT2D eigenvalue weighted by Gasteiger charge is -2.38. The highest BCUT2D eigenvalue weighted by atomic mass is 16.7. The molecule has 1 aromatic carbocycles. The second kappa shape index (κ2) is 4.88. The molecule has 24 heavy (non-hydrogen) atoms. The second-order valence-corrected chi connectivity index (χ2v) is 7.06. The maximum absolute atomic E-state index is 11.0. The number of β-amino-alcohol motifs (C(OH)–C–C–N with tert-alkyl or cyclic N) is 1. The van der Waals surface area contributed by atoms with Gasteiger partial charge < -0.3 is 24.4 Å². The molecule has 4 atom stereocenters. The highest BCUT2D eigenvalue weighted by molar-refractivity contribution is 5.54. The van der Waals surface area contributed by atoms with E-state index >= 15 is 0 Å². The number of aliphatic hydroxyl groups is 2. The van der Waals surface area contributed by atoms with E-state index in [-0.39, 0.29) is 18.2 Å². The molecule has 0 aromatic heterocycles. The molecule has 0 bridgehead atoms. The molecule has 5 rings (SSSR count). The lowest BCUT2D eigenvalue weighted by atomic mass is 9.77. The van der Waals surface area contributed by atoms with E-state index in [0.717, 1.165) is 30.5 Å². The fourth-order valence-corrected chi connectivity index (χ4v) is 5.01. The van der Waals surface area contributed by atoms with Gasteiger partial charge in [-0.15, -0.1) is 0 Å². The standard InChI is InChI=1S/C18H21NO5/c1-22-15-7-18-3-2-4-19(18)8-12(20)10-5-13-14(24-9-23-13)6-11(10)16(18)17(15)21/h5-7,12,16-17,20-21H,2-4,8-9H2,1H3/t12?,16-,17-,18?/m1/s1. The minimum Gasteiger partial charge on any atom is -0.499 e. The van der Waals surface area contributed by atoms with Gasteiger partial charge >= 0.3 is 0 Å². The summed E-state index contributed by atoms with van der Waals surface area (Å²) in [6, 6.07) is 3.81. The molecule has 6 nitrogen and oxygen atoms in total. The Morgan fingerprint density at radius 3 is 2.71 bits per heavy atom. The van der Waals surface area contributed by atoms with Crippen LogP contribution in [0.25, 0.3) is 0 Å². The summed E-state index contributed by atoms with van der Waals surface area (Å²) in [6.45, 7) is 1.65. The number of benzene rings is 1. The minimum absolute atomic E-state index is 0.170. The van der Waals surface area contributed by atoms with E-state index in [4.69, 9.17) is 14.2 Å². The molecule has 1 spiro atoms. The van der Waals surface area contributed by atoms with Gasteiger partial charge in [0.05, 0.1) is 18.8 Å². The van der Waals surface area contributed by atoms with Gasteiger partial charge in [-0.2, -0.15) is 0 Å². The molecular weight excluding hydrogens is 310 g/mol. The predicted molar refractivity (Wildman–Crippen MR) is 84.9 cm³/mol. The van der Waals surface area contributed by atoms with E-state index in [9.17, 15) is 10.2 Å². The van der Waals surface area contributed by atoms with Gasteiger partial charge in [-0.25, -0.2) is 0 Å². The third kappa shape index (κ3) is 1.71. The maximum atomic E-state index is 11.0. The number of methoxy groups -OCH3 is 1. The maximum Gasteiger partial charge on any atom is 0.231 e. The quantitative estimate of drug-likeness (QED) is 0.808. The van der Waals surface area contributed by atoms with Crippen LogP contribution in [0, 0.1) is 0 Å². The summed E-state index contributed by atoms with van der Waals surface area (Å²) in [7, 11) is 1.60. The molecule has 2 N–H and O–H groups in total. The Balaban J connectivity index is 1.73. The highest BCUT2D eigenvalue weighted by Crippen LogP contribution is 2.55. The summed E-state index contributed by atoms with van der Waals surface area (Å²) in [5.74, 6) is 1.79. The molecule has 1 aliphatic carbocycles. The molecule has 0 amide bonds. The summed E-state index contributed by atoms with van der Waals surface area (Å²) in [5, 5.41) is 21.8. The van der Waals surface area contributed by atoms with Gasteiger partial charge in [0.1, 0.15) is 11.9 Å². The van der Waals surface area contributed by atoms with E-state index in [1.807, 2.05) is 12.1 Å². The van der Waals surface area contributed by atoms with Gasteiger partial charge in [0.2, 0.25) is 6.79 Å². The molecular formula is C18H21NO5. The van der Waals surface area contributed by atoms with Crippen LogP contribution in [0.4, 0.5) is 0 Å². The first-order chi connectivity index (χ1) is 11.6. The summed E-state index contributed by atoms with van der Waals surface area (Å²) >= 11 is 0. The molecule has 0 radical (unpaired) electrons. The average Bonchev–Trinajstić information content (AvgIpc) is 3.24. The number of rotatable bonds is 1. The topological polar surface area (TPSA) is 71.4 Å². The van der Waals surface area contributed by atoms with Crippen molar-refractivity contribution in [2.75, 3.05) is 27.0 Å². The number of hydrogen-bond acceptors (Lipinski definition) is 6. The van der Waals surface area contributed by atoms with Gasteiger partial charge in [0, 0.05) is 12.5 Å². The lowest BCUT2D eigenvalue weighted by Crippen LogP contribution is -2.47. The number of hydrogen-bond donors (Lipinski definition) is 2. The van der Waals surface area contributed by atoms with Crippen LogP contribution in [-0.4, -0.2) is 53.7 Å². The first-order valence-corrected chi connectivity index (χ1v) is 8.45. The van der Waals surface area contributed by atoms with Crippen molar-refractivity contribution in [2.24, 2.45) is 0 Å². The summed E-state index contributed by atoms with van der Waals surface area (Å²) in [6.07, 6.45) is 2.73. The van der Waals surface area contributed by atoms with Crippen LogP contribution in [-0.2, 0) is 4.74 Å². The van der Waals surface area contributed by atoms with Crippen LogP contribution < -0.4 is 9.47 Å². The number of aliphatic hydroxyl groups excluding tert-OH is 2. The van der Waals surface area contributed by atoms with E-state index < -0.39 is 12.2 Å². The molecule has 1 aromatic rings. The Bertz CT molecular complexity index is 732. The van der Waals surface area contributed by atoms with Gasteiger partial charge in [0.15, 0.2) is 11.5 Å². The van der Waals surface area contributed by atoms with Crippen LogP contribution in [0.15, 0.2) is 24.0 Å². The summed E-state index contributed by atoms with van der Waals surface area (Å²) in [4.78, 5) is 2.30. The summed E-state index contributed by atoms with van der Waals surface area (Å²) < 4.78 is 16.5. The second-order valence-electron chi connectivity index (χ2n) is 7.06. The molecule has 3 heterocycles. The average molecular weight is 331 g/mol. The fraction of sp³-hybridized carbons (Fsp3) is 0.556. The van der Waals surface area contributed by atoms with Gasteiger partial charge in [-0.05, 0) is 48.7 Å². The number of ether oxygens (including phenoxy) is 3. The van der Waals surface area contributed by atoms with Crippen LogP contribution in [0.2, 0.25) is 0 Å². The van der Waals surface area contributed by atoms with Crippen LogP contribution in [0.5, 0.6) is 11.5 Å². The van der Waals surface area contributed by atoms with Crippen molar-refractivity contribution in [3.05, 3.63) is 35.1 Å². The normalized spacial score (nSPS) is 36.6. The number of nitrogens with zero attached hydrogens (tertiary/aromatic N) is 1. The number of fused-ring (bicyclic) bond motifs is 3. The minimum atomic E-state index is -0.722. The van der Waals surface area contributed by atoms with Crippen LogP contribution in [0.1, 0.15) is 36.0 Å².